The summed E-state index contributed by atoms with van der Waals surface area (Å²) in [7, 11) is 3.53. The lowest BCUT2D eigenvalue weighted by Crippen LogP contribution is -2.27. The third-order valence-electron chi connectivity index (χ3n) is 3.99. The van der Waals surface area contributed by atoms with Crippen molar-refractivity contribution in [3.05, 3.63) is 53.7 Å². The minimum absolute atomic E-state index is 0.106. The number of carbonyl (C=O) groups is 1. The van der Waals surface area contributed by atoms with E-state index in [-0.39, 0.29) is 5.91 Å². The SMILES string of the molecule is CC(C)Cc1cc(C(=O)N(C)Cc2cc(-c3ccccn3)no2)n(C)n1. The minimum Gasteiger partial charge on any atom is -0.359 e. The van der Waals surface area contributed by atoms with Gasteiger partial charge in [-0.3, -0.25) is 14.5 Å². The summed E-state index contributed by atoms with van der Waals surface area (Å²) in [6, 6.07) is 9.27. The monoisotopic (exact) mass is 353 g/mol. The normalized spacial score (nSPS) is 11.1. The van der Waals surface area contributed by atoms with Gasteiger partial charge < -0.3 is 9.42 Å². The molecule has 3 heterocycles. The smallest absolute Gasteiger partial charge is 0.272 e. The maximum Gasteiger partial charge on any atom is 0.272 e. The summed E-state index contributed by atoms with van der Waals surface area (Å²) in [4.78, 5) is 18.6. The van der Waals surface area contributed by atoms with Gasteiger partial charge in [-0.25, -0.2) is 0 Å². The molecule has 0 aliphatic rings. The molecule has 0 atom stereocenters. The Morgan fingerprint density at radius 3 is 2.77 bits per heavy atom. The van der Waals surface area contributed by atoms with Crippen LogP contribution in [0.15, 0.2) is 41.1 Å². The van der Waals surface area contributed by atoms with Crippen molar-refractivity contribution in [2.24, 2.45) is 13.0 Å². The molecule has 1 amide bonds. The predicted molar refractivity (Wildman–Crippen MR) is 97.3 cm³/mol. The summed E-state index contributed by atoms with van der Waals surface area (Å²) >= 11 is 0. The van der Waals surface area contributed by atoms with Crippen LogP contribution in [0.4, 0.5) is 0 Å². The Labute approximate surface area is 152 Å². The number of rotatable bonds is 6. The molecule has 136 valence electrons. The highest BCUT2D eigenvalue weighted by Gasteiger charge is 2.19. The Bertz CT molecular complexity index is 882. The molecule has 0 saturated heterocycles. The van der Waals surface area contributed by atoms with E-state index in [2.05, 4.69) is 29.1 Å². The zero-order chi connectivity index (χ0) is 18.7. The second kappa shape index (κ2) is 7.51. The first-order valence-electron chi connectivity index (χ1n) is 8.59. The third kappa shape index (κ3) is 3.99. The molecule has 0 radical (unpaired) electrons. The van der Waals surface area contributed by atoms with Crippen LogP contribution < -0.4 is 0 Å². The van der Waals surface area contributed by atoms with Crippen LogP contribution in [0.3, 0.4) is 0 Å². The van der Waals surface area contributed by atoms with Crippen LogP contribution in [-0.2, 0) is 20.0 Å². The van der Waals surface area contributed by atoms with E-state index in [0.717, 1.165) is 17.8 Å². The van der Waals surface area contributed by atoms with Gasteiger partial charge >= 0.3 is 0 Å². The van der Waals surface area contributed by atoms with Gasteiger partial charge in [-0.2, -0.15) is 5.10 Å². The summed E-state index contributed by atoms with van der Waals surface area (Å²) in [5.74, 6) is 0.988. The van der Waals surface area contributed by atoms with Crippen LogP contribution in [0.2, 0.25) is 0 Å². The number of amides is 1. The molecule has 0 unspecified atom stereocenters. The zero-order valence-electron chi connectivity index (χ0n) is 15.5. The van der Waals surface area contributed by atoms with Gasteiger partial charge in [-0.15, -0.1) is 0 Å². The lowest BCUT2D eigenvalue weighted by Gasteiger charge is -2.14. The molecular weight excluding hydrogens is 330 g/mol. The summed E-state index contributed by atoms with van der Waals surface area (Å²) in [5.41, 5.74) is 2.88. The first-order valence-corrected chi connectivity index (χ1v) is 8.59. The largest absolute Gasteiger partial charge is 0.359 e. The van der Waals surface area contributed by atoms with Crippen LogP contribution in [-0.4, -0.2) is 37.8 Å². The molecule has 26 heavy (non-hydrogen) atoms. The second-order valence-corrected chi connectivity index (χ2v) is 6.80. The topological polar surface area (TPSA) is 77.0 Å². The van der Waals surface area contributed by atoms with E-state index in [1.807, 2.05) is 24.3 Å². The fraction of sp³-hybridized carbons (Fsp3) is 0.368. The predicted octanol–water partition coefficient (Wildman–Crippen LogP) is 2.94. The fourth-order valence-electron chi connectivity index (χ4n) is 2.77. The van der Waals surface area contributed by atoms with E-state index in [9.17, 15) is 4.79 Å². The van der Waals surface area contributed by atoms with Gasteiger partial charge in [0.2, 0.25) is 0 Å². The van der Waals surface area contributed by atoms with E-state index in [4.69, 9.17) is 4.52 Å². The van der Waals surface area contributed by atoms with Gasteiger partial charge in [0.1, 0.15) is 11.4 Å². The van der Waals surface area contributed by atoms with E-state index < -0.39 is 0 Å². The molecule has 0 aromatic carbocycles. The average Bonchev–Trinajstić information content (AvgIpc) is 3.21. The standard InChI is InChI=1S/C19H23N5O2/c1-13(2)9-14-10-18(24(4)21-14)19(25)23(3)12-15-11-17(22-26-15)16-7-5-6-8-20-16/h5-8,10-11,13H,9,12H2,1-4H3. The molecule has 0 fully saturated rings. The van der Waals surface area contributed by atoms with E-state index >= 15 is 0 Å². The van der Waals surface area contributed by atoms with Gasteiger partial charge in [-0.05, 0) is 30.5 Å². The van der Waals surface area contributed by atoms with Gasteiger partial charge in [0.25, 0.3) is 5.91 Å². The lowest BCUT2D eigenvalue weighted by atomic mass is 10.1. The molecule has 7 heteroatoms. The van der Waals surface area contributed by atoms with E-state index in [1.165, 1.54) is 0 Å². The van der Waals surface area contributed by atoms with Gasteiger partial charge in [0, 0.05) is 26.4 Å². The number of hydrogen-bond acceptors (Lipinski definition) is 5. The molecule has 0 N–H and O–H groups in total. The first-order chi connectivity index (χ1) is 12.4. The summed E-state index contributed by atoms with van der Waals surface area (Å²) < 4.78 is 6.99. The molecule has 3 aromatic rings. The van der Waals surface area contributed by atoms with E-state index in [0.29, 0.717) is 29.6 Å². The first kappa shape index (κ1) is 17.8. The highest BCUT2D eigenvalue weighted by molar-refractivity contribution is 5.92. The maximum absolute atomic E-state index is 12.7. The highest BCUT2D eigenvalue weighted by atomic mass is 16.5. The van der Waals surface area contributed by atoms with Crippen molar-refractivity contribution in [1.29, 1.82) is 0 Å². The number of hydrogen-bond donors (Lipinski definition) is 0. The van der Waals surface area contributed by atoms with Crippen LogP contribution in [0, 0.1) is 5.92 Å². The van der Waals surface area contributed by atoms with Crippen molar-refractivity contribution in [3.63, 3.8) is 0 Å². The van der Waals surface area contributed by atoms with Crippen molar-refractivity contribution < 1.29 is 9.32 Å². The number of aryl methyl sites for hydroxylation is 1. The zero-order valence-corrected chi connectivity index (χ0v) is 15.5. The number of nitrogens with zero attached hydrogens (tertiary/aromatic N) is 5. The van der Waals surface area contributed by atoms with Crippen LogP contribution >= 0.6 is 0 Å². The Hall–Kier alpha value is -2.96. The molecule has 7 nitrogen and oxygen atoms in total. The van der Waals surface area contributed by atoms with Crippen LogP contribution in [0.1, 0.15) is 35.8 Å². The molecule has 3 rings (SSSR count). The van der Waals surface area contributed by atoms with Crippen molar-refractivity contribution >= 4 is 5.91 Å². The van der Waals surface area contributed by atoms with Gasteiger partial charge in [0.15, 0.2) is 5.76 Å². The summed E-state index contributed by atoms with van der Waals surface area (Å²) in [5, 5.41) is 8.46. The average molecular weight is 353 g/mol. The molecule has 0 aliphatic heterocycles. The van der Waals surface area contributed by atoms with Crippen molar-refractivity contribution in [3.8, 4) is 11.4 Å². The summed E-state index contributed by atoms with van der Waals surface area (Å²) in [6.45, 7) is 4.58. The Kier molecular flexibility index (Phi) is 5.16. The highest BCUT2D eigenvalue weighted by Crippen LogP contribution is 2.18. The second-order valence-electron chi connectivity index (χ2n) is 6.80. The lowest BCUT2D eigenvalue weighted by molar-refractivity contribution is 0.0761. The fourth-order valence-corrected chi connectivity index (χ4v) is 2.77. The molecule has 3 aromatic heterocycles. The van der Waals surface area contributed by atoms with Crippen molar-refractivity contribution in [2.45, 2.75) is 26.8 Å². The van der Waals surface area contributed by atoms with Crippen molar-refractivity contribution in [1.82, 2.24) is 24.8 Å². The minimum atomic E-state index is -0.106. The van der Waals surface area contributed by atoms with E-state index in [1.54, 1.807) is 35.9 Å². The molecule has 0 bridgehead atoms. The number of aromatic nitrogens is 4. The summed E-state index contributed by atoms with van der Waals surface area (Å²) in [6.07, 6.45) is 2.55. The van der Waals surface area contributed by atoms with Gasteiger partial charge in [0.05, 0.1) is 17.9 Å². The van der Waals surface area contributed by atoms with Gasteiger partial charge in [-0.1, -0.05) is 25.1 Å². The quantitative estimate of drug-likeness (QED) is 0.681. The Morgan fingerprint density at radius 2 is 2.08 bits per heavy atom. The maximum atomic E-state index is 12.7. The van der Waals surface area contributed by atoms with Crippen LogP contribution in [0.5, 0.6) is 0 Å². The number of pyridine rings is 1. The molecular formula is C19H23N5O2. The Balaban J connectivity index is 1.70. The molecule has 0 spiro atoms. The van der Waals surface area contributed by atoms with Crippen molar-refractivity contribution in [2.75, 3.05) is 7.05 Å². The van der Waals surface area contributed by atoms with Crippen LogP contribution in [0.25, 0.3) is 11.4 Å². The number of carbonyl (C=O) groups excluding carboxylic acids is 1. The molecule has 0 saturated carbocycles. The molecule has 0 aliphatic carbocycles. The third-order valence-corrected chi connectivity index (χ3v) is 3.99. The Morgan fingerprint density at radius 1 is 1.27 bits per heavy atom.